The first-order valence-corrected chi connectivity index (χ1v) is 9.27. The molecule has 1 aliphatic rings. The lowest BCUT2D eigenvalue weighted by Crippen LogP contribution is -2.30. The van der Waals surface area contributed by atoms with E-state index in [2.05, 4.69) is 16.0 Å². The molecule has 0 aromatic heterocycles. The Bertz CT molecular complexity index is 804. The lowest BCUT2D eigenvalue weighted by molar-refractivity contribution is -0.125. The maximum Gasteiger partial charge on any atom is 0.323 e. The lowest BCUT2D eigenvalue weighted by atomic mass is 10.1. The molecule has 3 rings (SSSR count). The van der Waals surface area contributed by atoms with Crippen molar-refractivity contribution in [1.29, 1.82) is 0 Å². The van der Waals surface area contributed by atoms with E-state index < -0.39 is 0 Å². The van der Waals surface area contributed by atoms with E-state index in [0.29, 0.717) is 12.2 Å². The second kappa shape index (κ2) is 8.68. The number of aryl methyl sites for hydroxylation is 1. The van der Waals surface area contributed by atoms with Gasteiger partial charge in [-0.3, -0.25) is 4.79 Å². The Hall–Kier alpha value is -2.86. The predicted octanol–water partition coefficient (Wildman–Crippen LogP) is 3.38. The van der Waals surface area contributed by atoms with Gasteiger partial charge in [0.15, 0.2) is 0 Å². The van der Waals surface area contributed by atoms with Crippen molar-refractivity contribution < 1.29 is 9.59 Å². The second-order valence-corrected chi connectivity index (χ2v) is 7.08. The van der Waals surface area contributed by atoms with Crippen LogP contribution in [0.2, 0.25) is 0 Å². The summed E-state index contributed by atoms with van der Waals surface area (Å²) in [4.78, 5) is 24.3. The summed E-state index contributed by atoms with van der Waals surface area (Å²) in [6.45, 7) is 2.41. The molecule has 2 atom stereocenters. The van der Waals surface area contributed by atoms with Crippen molar-refractivity contribution in [2.24, 2.45) is 11.7 Å². The molecule has 2 aromatic rings. The second-order valence-electron chi connectivity index (χ2n) is 7.08. The number of rotatable bonds is 5. The Labute approximate surface area is 159 Å². The number of nitrogens with two attached hydrogens (primary N) is 1. The average Bonchev–Trinajstić information content (AvgIpc) is 3.09. The molecule has 6 heteroatoms. The maximum atomic E-state index is 12.1. The molecule has 5 N–H and O–H groups in total. The summed E-state index contributed by atoms with van der Waals surface area (Å²) in [6, 6.07) is 14.9. The van der Waals surface area contributed by atoms with Crippen LogP contribution in [0.25, 0.3) is 0 Å². The highest BCUT2D eigenvalue weighted by atomic mass is 16.2. The van der Waals surface area contributed by atoms with Gasteiger partial charge in [0.1, 0.15) is 0 Å². The monoisotopic (exact) mass is 366 g/mol. The van der Waals surface area contributed by atoms with E-state index in [4.69, 9.17) is 5.73 Å². The Morgan fingerprint density at radius 1 is 1.04 bits per heavy atom. The number of anilines is 2. The smallest absolute Gasteiger partial charge is 0.323 e. The van der Waals surface area contributed by atoms with E-state index >= 15 is 0 Å². The zero-order chi connectivity index (χ0) is 19.2. The molecule has 27 heavy (non-hydrogen) atoms. The number of amides is 3. The minimum absolute atomic E-state index is 0.0334. The number of carbonyl (C=O) groups excluding carboxylic acids is 2. The Morgan fingerprint density at radius 3 is 2.44 bits per heavy atom. The van der Waals surface area contributed by atoms with E-state index in [1.54, 1.807) is 0 Å². The van der Waals surface area contributed by atoms with Crippen LogP contribution in [-0.2, 0) is 11.3 Å². The fourth-order valence-electron chi connectivity index (χ4n) is 3.29. The number of hydrogen-bond acceptors (Lipinski definition) is 3. The van der Waals surface area contributed by atoms with Crippen LogP contribution >= 0.6 is 0 Å². The zero-order valence-electron chi connectivity index (χ0n) is 15.5. The molecule has 0 unspecified atom stereocenters. The van der Waals surface area contributed by atoms with Gasteiger partial charge in [-0.25, -0.2) is 4.79 Å². The van der Waals surface area contributed by atoms with Gasteiger partial charge in [0.2, 0.25) is 5.91 Å². The van der Waals surface area contributed by atoms with E-state index in [9.17, 15) is 9.59 Å². The molecule has 1 aliphatic carbocycles. The summed E-state index contributed by atoms with van der Waals surface area (Å²) in [7, 11) is 0. The number of nitrogens with one attached hydrogen (secondary N) is 3. The van der Waals surface area contributed by atoms with Crippen LogP contribution in [0.4, 0.5) is 16.2 Å². The van der Waals surface area contributed by atoms with E-state index in [1.165, 1.54) is 0 Å². The fraction of sp³-hybridized carbons (Fsp3) is 0.333. The molecule has 6 nitrogen and oxygen atoms in total. The highest BCUT2D eigenvalue weighted by Gasteiger charge is 2.27. The van der Waals surface area contributed by atoms with E-state index in [1.807, 2.05) is 55.5 Å². The van der Waals surface area contributed by atoms with Gasteiger partial charge in [-0.1, -0.05) is 30.3 Å². The normalized spacial score (nSPS) is 18.7. The molecule has 0 spiro atoms. The lowest BCUT2D eigenvalue weighted by Gasteiger charge is -2.12. The standard InChI is InChI=1S/C21H26N4O2/c1-14-4-2-3-5-19(14)25-21(27)24-18-10-6-15(7-11-18)13-23-20(26)16-8-9-17(22)12-16/h2-7,10-11,16-17H,8-9,12-13,22H2,1H3,(H,23,26)(H2,24,25,27)/t16-,17+/m1/s1. The molecule has 0 radical (unpaired) electrons. The van der Waals surface area contributed by atoms with Gasteiger partial charge in [0.05, 0.1) is 0 Å². The first-order chi connectivity index (χ1) is 13.0. The van der Waals surface area contributed by atoms with Crippen molar-refractivity contribution >= 4 is 23.3 Å². The van der Waals surface area contributed by atoms with Crippen LogP contribution < -0.4 is 21.7 Å². The van der Waals surface area contributed by atoms with Gasteiger partial charge < -0.3 is 21.7 Å². The number of carbonyl (C=O) groups is 2. The van der Waals surface area contributed by atoms with Crippen LogP contribution in [0.3, 0.4) is 0 Å². The zero-order valence-corrected chi connectivity index (χ0v) is 15.5. The van der Waals surface area contributed by atoms with Crippen LogP contribution in [0.5, 0.6) is 0 Å². The van der Waals surface area contributed by atoms with E-state index in [-0.39, 0.29) is 23.9 Å². The molecule has 0 saturated heterocycles. The number of urea groups is 1. The quantitative estimate of drug-likeness (QED) is 0.653. The Kier molecular flexibility index (Phi) is 6.08. The molecule has 0 aliphatic heterocycles. The van der Waals surface area contributed by atoms with Crippen molar-refractivity contribution in [3.05, 3.63) is 59.7 Å². The summed E-state index contributed by atoms with van der Waals surface area (Å²) < 4.78 is 0. The highest BCUT2D eigenvalue weighted by Crippen LogP contribution is 2.24. The van der Waals surface area contributed by atoms with Crippen LogP contribution in [0, 0.1) is 12.8 Å². The Balaban J connectivity index is 1.47. The molecule has 0 heterocycles. The first-order valence-electron chi connectivity index (χ1n) is 9.27. The minimum Gasteiger partial charge on any atom is -0.352 e. The summed E-state index contributed by atoms with van der Waals surface area (Å²) in [5, 5.41) is 8.61. The SMILES string of the molecule is Cc1ccccc1NC(=O)Nc1ccc(CNC(=O)[C@@H]2CC[C@H](N)C2)cc1. The topological polar surface area (TPSA) is 96.2 Å². The largest absolute Gasteiger partial charge is 0.352 e. The van der Waals surface area contributed by atoms with Crippen LogP contribution in [0.1, 0.15) is 30.4 Å². The maximum absolute atomic E-state index is 12.1. The fourth-order valence-corrected chi connectivity index (χ4v) is 3.29. The number of hydrogen-bond donors (Lipinski definition) is 4. The molecule has 1 saturated carbocycles. The van der Waals surface area contributed by atoms with Gasteiger partial charge in [0, 0.05) is 29.9 Å². The summed E-state index contributed by atoms with van der Waals surface area (Å²) in [5.41, 5.74) is 9.32. The van der Waals surface area contributed by atoms with Crippen LogP contribution in [0.15, 0.2) is 48.5 Å². The van der Waals surface area contributed by atoms with Gasteiger partial charge in [0.25, 0.3) is 0 Å². The third-order valence-electron chi connectivity index (χ3n) is 4.92. The van der Waals surface area contributed by atoms with Gasteiger partial charge in [-0.05, 0) is 55.5 Å². The van der Waals surface area contributed by atoms with Gasteiger partial charge in [-0.15, -0.1) is 0 Å². The highest BCUT2D eigenvalue weighted by molar-refractivity contribution is 6.00. The predicted molar refractivity (Wildman–Crippen MR) is 107 cm³/mol. The number of benzene rings is 2. The first kappa shape index (κ1) is 18.9. The summed E-state index contributed by atoms with van der Waals surface area (Å²) in [5.74, 6) is 0.105. The van der Waals surface area contributed by atoms with Gasteiger partial charge in [-0.2, -0.15) is 0 Å². The molecule has 0 bridgehead atoms. The van der Waals surface area contributed by atoms with Crippen molar-refractivity contribution in [1.82, 2.24) is 5.32 Å². The third-order valence-corrected chi connectivity index (χ3v) is 4.92. The van der Waals surface area contributed by atoms with E-state index in [0.717, 1.165) is 36.1 Å². The minimum atomic E-state index is -0.289. The van der Waals surface area contributed by atoms with Gasteiger partial charge >= 0.3 is 6.03 Å². The molecule has 2 aromatic carbocycles. The van der Waals surface area contributed by atoms with Crippen LogP contribution in [-0.4, -0.2) is 18.0 Å². The third kappa shape index (κ3) is 5.31. The molecule has 3 amide bonds. The Morgan fingerprint density at radius 2 is 1.78 bits per heavy atom. The summed E-state index contributed by atoms with van der Waals surface area (Å²) >= 11 is 0. The number of para-hydroxylation sites is 1. The van der Waals surface area contributed by atoms with Crippen molar-refractivity contribution in [3.63, 3.8) is 0 Å². The van der Waals surface area contributed by atoms with Crippen molar-refractivity contribution in [2.45, 2.75) is 38.8 Å². The average molecular weight is 366 g/mol. The molecular formula is C21H26N4O2. The molecule has 142 valence electrons. The summed E-state index contributed by atoms with van der Waals surface area (Å²) in [6.07, 6.45) is 2.56. The van der Waals surface area contributed by atoms with Crippen molar-refractivity contribution in [3.8, 4) is 0 Å². The molecular weight excluding hydrogens is 340 g/mol. The van der Waals surface area contributed by atoms with Crippen molar-refractivity contribution in [2.75, 3.05) is 10.6 Å². The molecule has 1 fully saturated rings.